The van der Waals surface area contributed by atoms with E-state index in [4.69, 9.17) is 9.47 Å². The smallest absolute Gasteiger partial charge is 0.195 e. The molecule has 0 bridgehead atoms. The normalized spacial score (nSPS) is 20.2. The van der Waals surface area contributed by atoms with Crippen LogP contribution in [0, 0.1) is 5.92 Å². The lowest BCUT2D eigenvalue weighted by molar-refractivity contribution is -0.172. The van der Waals surface area contributed by atoms with E-state index in [1.807, 2.05) is 39.0 Å². The fourth-order valence-electron chi connectivity index (χ4n) is 2.79. The van der Waals surface area contributed by atoms with E-state index in [0.29, 0.717) is 19.1 Å². The largest absolute Gasteiger partial charge is 0.343 e. The molecule has 0 spiro atoms. The Kier molecular flexibility index (Phi) is 6.59. The van der Waals surface area contributed by atoms with Crippen LogP contribution in [0.25, 0.3) is 0 Å². The van der Waals surface area contributed by atoms with Crippen molar-refractivity contribution in [3.05, 3.63) is 35.9 Å². The lowest BCUT2D eigenvalue weighted by atomic mass is 9.94. The molecule has 0 radical (unpaired) electrons. The van der Waals surface area contributed by atoms with Gasteiger partial charge in [-0.05, 0) is 33.1 Å². The van der Waals surface area contributed by atoms with Crippen LogP contribution in [0.15, 0.2) is 30.3 Å². The molecule has 1 aliphatic heterocycles. The van der Waals surface area contributed by atoms with Gasteiger partial charge >= 0.3 is 0 Å². The Morgan fingerprint density at radius 1 is 1.17 bits per heavy atom. The van der Waals surface area contributed by atoms with E-state index in [-0.39, 0.29) is 10.8 Å². The molecule has 1 saturated heterocycles. The molecule has 2 atom stereocenters. The highest BCUT2D eigenvalue weighted by atomic mass is 32.2. The van der Waals surface area contributed by atoms with Crippen LogP contribution in [0.5, 0.6) is 0 Å². The van der Waals surface area contributed by atoms with Crippen molar-refractivity contribution in [2.45, 2.75) is 64.0 Å². The molecule has 5 heteroatoms. The van der Waals surface area contributed by atoms with E-state index < -0.39 is 16.8 Å². The lowest BCUT2D eigenvalue weighted by Gasteiger charge is -2.32. The molecule has 24 heavy (non-hydrogen) atoms. The van der Waals surface area contributed by atoms with Gasteiger partial charge in [0.25, 0.3) is 0 Å². The molecular formula is C19H31NO3S. The summed E-state index contributed by atoms with van der Waals surface area (Å²) in [5, 5.41) is 0. The highest BCUT2D eigenvalue weighted by Gasteiger charge is 2.39. The molecule has 0 aliphatic carbocycles. The van der Waals surface area contributed by atoms with Crippen LogP contribution in [0.1, 0.15) is 53.0 Å². The van der Waals surface area contributed by atoms with Crippen LogP contribution in [0.3, 0.4) is 0 Å². The van der Waals surface area contributed by atoms with Crippen molar-refractivity contribution in [1.29, 1.82) is 0 Å². The number of nitrogens with one attached hydrogen (secondary N) is 1. The number of hydrogen-bond acceptors (Lipinski definition) is 3. The first-order chi connectivity index (χ1) is 11.2. The molecule has 0 saturated carbocycles. The van der Waals surface area contributed by atoms with Gasteiger partial charge in [-0.15, -0.1) is 0 Å². The SMILES string of the molecule is CC(C)[C@@H](CCC1(c2ccccc2)OCCO1)N[S@](=O)C(C)(C)C. The quantitative estimate of drug-likeness (QED) is 0.812. The maximum Gasteiger partial charge on any atom is 0.195 e. The van der Waals surface area contributed by atoms with Gasteiger partial charge in [0.1, 0.15) is 0 Å². The van der Waals surface area contributed by atoms with E-state index in [9.17, 15) is 4.21 Å². The molecule has 0 aromatic heterocycles. The summed E-state index contributed by atoms with van der Waals surface area (Å²) in [6.07, 6.45) is 1.59. The van der Waals surface area contributed by atoms with Gasteiger partial charge in [0, 0.05) is 18.0 Å². The summed E-state index contributed by atoms with van der Waals surface area (Å²) in [6, 6.07) is 10.3. The molecule has 2 rings (SSSR count). The van der Waals surface area contributed by atoms with Gasteiger partial charge in [0.15, 0.2) is 5.79 Å². The summed E-state index contributed by atoms with van der Waals surface area (Å²) in [5.74, 6) is -0.287. The maximum absolute atomic E-state index is 12.5. The summed E-state index contributed by atoms with van der Waals surface area (Å²) in [4.78, 5) is 0. The highest BCUT2D eigenvalue weighted by Crippen LogP contribution is 2.36. The predicted molar refractivity (Wildman–Crippen MR) is 98.9 cm³/mol. The van der Waals surface area contributed by atoms with E-state index in [1.165, 1.54) is 0 Å². The summed E-state index contributed by atoms with van der Waals surface area (Å²) in [5.41, 5.74) is 1.06. The third-order valence-corrected chi connectivity index (χ3v) is 6.00. The minimum absolute atomic E-state index is 0.151. The van der Waals surface area contributed by atoms with Gasteiger partial charge in [-0.1, -0.05) is 44.2 Å². The highest BCUT2D eigenvalue weighted by molar-refractivity contribution is 7.84. The number of ether oxygens (including phenoxy) is 2. The third kappa shape index (κ3) is 4.88. The zero-order valence-corrected chi connectivity index (χ0v) is 16.3. The second kappa shape index (κ2) is 8.09. The zero-order valence-electron chi connectivity index (χ0n) is 15.5. The first kappa shape index (κ1) is 19.6. The summed E-state index contributed by atoms with van der Waals surface area (Å²) < 4.78 is 27.5. The Hall–Kier alpha value is -0.750. The van der Waals surface area contributed by atoms with Crippen LogP contribution < -0.4 is 4.72 Å². The molecule has 0 unspecified atom stereocenters. The van der Waals surface area contributed by atoms with E-state index in [2.05, 4.69) is 30.7 Å². The first-order valence-corrected chi connectivity index (χ1v) is 9.91. The van der Waals surface area contributed by atoms with Crippen molar-refractivity contribution in [2.24, 2.45) is 5.92 Å². The lowest BCUT2D eigenvalue weighted by Crippen LogP contribution is -2.43. The Balaban J connectivity index is 2.08. The molecule has 1 N–H and O–H groups in total. The fraction of sp³-hybridized carbons (Fsp3) is 0.684. The van der Waals surface area contributed by atoms with Gasteiger partial charge in [-0.3, -0.25) is 0 Å². The molecule has 4 nitrogen and oxygen atoms in total. The van der Waals surface area contributed by atoms with Gasteiger partial charge in [-0.25, -0.2) is 8.93 Å². The molecule has 0 amide bonds. The Morgan fingerprint density at radius 3 is 2.25 bits per heavy atom. The van der Waals surface area contributed by atoms with E-state index in [1.54, 1.807) is 0 Å². The van der Waals surface area contributed by atoms with Crippen LogP contribution in [0.4, 0.5) is 0 Å². The third-order valence-electron chi connectivity index (χ3n) is 4.37. The number of rotatable bonds is 7. The van der Waals surface area contributed by atoms with Crippen molar-refractivity contribution in [3.8, 4) is 0 Å². The van der Waals surface area contributed by atoms with E-state index in [0.717, 1.165) is 18.4 Å². The molecule has 1 fully saturated rings. The summed E-state index contributed by atoms with van der Waals surface area (Å²) >= 11 is 0. The van der Waals surface area contributed by atoms with Gasteiger partial charge in [0.05, 0.1) is 28.9 Å². The Morgan fingerprint density at radius 2 is 1.75 bits per heavy atom. The van der Waals surface area contributed by atoms with Crippen LogP contribution in [0.2, 0.25) is 0 Å². The van der Waals surface area contributed by atoms with E-state index >= 15 is 0 Å². The summed E-state index contributed by atoms with van der Waals surface area (Å²) in [7, 11) is -1.08. The molecule has 1 aromatic carbocycles. The van der Waals surface area contributed by atoms with Crippen molar-refractivity contribution >= 4 is 11.0 Å². The molecule has 136 valence electrons. The first-order valence-electron chi connectivity index (χ1n) is 8.76. The molecular weight excluding hydrogens is 322 g/mol. The minimum Gasteiger partial charge on any atom is -0.343 e. The van der Waals surface area contributed by atoms with Crippen LogP contribution in [-0.2, 0) is 26.2 Å². The average molecular weight is 354 g/mol. The molecule has 1 aromatic rings. The summed E-state index contributed by atoms with van der Waals surface area (Å²) in [6.45, 7) is 11.5. The maximum atomic E-state index is 12.5. The average Bonchev–Trinajstić information content (AvgIpc) is 3.01. The topological polar surface area (TPSA) is 47.6 Å². The monoisotopic (exact) mass is 353 g/mol. The number of hydrogen-bond donors (Lipinski definition) is 1. The predicted octanol–water partition coefficient (Wildman–Crippen LogP) is 3.74. The second-order valence-electron chi connectivity index (χ2n) is 7.70. The van der Waals surface area contributed by atoms with Crippen molar-refractivity contribution in [1.82, 2.24) is 4.72 Å². The Bertz CT molecular complexity index is 533. The fourth-order valence-corrected chi connectivity index (χ4v) is 3.81. The van der Waals surface area contributed by atoms with Gasteiger partial charge in [0.2, 0.25) is 0 Å². The van der Waals surface area contributed by atoms with Crippen molar-refractivity contribution < 1.29 is 13.7 Å². The van der Waals surface area contributed by atoms with Gasteiger partial charge in [-0.2, -0.15) is 0 Å². The molecule has 1 heterocycles. The number of benzene rings is 1. The Labute approximate surface area is 148 Å². The standard InChI is InChI=1S/C19H31NO3S/c1-15(2)17(20-24(21)18(3,4)5)11-12-19(22-13-14-23-19)16-9-7-6-8-10-16/h6-10,15,17,20H,11-14H2,1-5H3/t17-,24-/m1/s1. The second-order valence-corrected chi connectivity index (χ2v) is 9.70. The minimum atomic E-state index is -1.08. The molecule has 1 aliphatic rings. The zero-order chi connectivity index (χ0) is 17.8. The van der Waals surface area contributed by atoms with Crippen molar-refractivity contribution in [3.63, 3.8) is 0 Å². The van der Waals surface area contributed by atoms with Crippen molar-refractivity contribution in [2.75, 3.05) is 13.2 Å². The van der Waals surface area contributed by atoms with Crippen LogP contribution in [-0.4, -0.2) is 28.2 Å². The van der Waals surface area contributed by atoms with Crippen LogP contribution >= 0.6 is 0 Å². The van der Waals surface area contributed by atoms with Gasteiger partial charge < -0.3 is 9.47 Å².